The van der Waals surface area contributed by atoms with Crippen molar-refractivity contribution < 1.29 is 13.5 Å². The number of aliphatic hydroxyl groups is 1. The maximum atomic E-state index is 13.6. The van der Waals surface area contributed by atoms with E-state index < -0.39 is 22.2 Å². The number of sulfonamides is 1. The van der Waals surface area contributed by atoms with E-state index in [4.69, 9.17) is 11.6 Å². The van der Waals surface area contributed by atoms with E-state index in [0.717, 1.165) is 28.2 Å². The summed E-state index contributed by atoms with van der Waals surface area (Å²) in [5.41, 5.74) is 2.14. The minimum absolute atomic E-state index is 0.0178. The SMILES string of the molecule is CS(=O)(=O)N1CC[C@H](O)[C@@H](n2cnc3c(cc(Cc4ccc(Cl)nc4)c4ccccc43)c2=O)C1. The normalized spacial score (nSPS) is 19.6. The molecule has 0 spiro atoms. The number of rotatable bonds is 4. The smallest absolute Gasteiger partial charge is 0.261 e. The van der Waals surface area contributed by atoms with Crippen LogP contribution in [0.25, 0.3) is 21.7 Å². The second-order valence-corrected chi connectivity index (χ2v) is 11.0. The first-order valence-electron chi connectivity index (χ1n) is 10.9. The molecule has 0 bridgehead atoms. The molecule has 5 rings (SSSR count). The lowest BCUT2D eigenvalue weighted by atomic mass is 9.96. The molecule has 2 atom stereocenters. The molecule has 2 aromatic carbocycles. The Bertz CT molecular complexity index is 1550. The van der Waals surface area contributed by atoms with Gasteiger partial charge < -0.3 is 5.11 Å². The number of benzene rings is 2. The van der Waals surface area contributed by atoms with E-state index >= 15 is 0 Å². The zero-order valence-electron chi connectivity index (χ0n) is 18.4. The van der Waals surface area contributed by atoms with Crippen LogP contribution < -0.4 is 5.56 Å². The lowest BCUT2D eigenvalue weighted by Crippen LogP contribution is -2.48. The molecule has 0 amide bonds. The summed E-state index contributed by atoms with van der Waals surface area (Å²) < 4.78 is 26.8. The predicted molar refractivity (Wildman–Crippen MR) is 132 cm³/mol. The van der Waals surface area contributed by atoms with Crippen LogP contribution in [0.4, 0.5) is 0 Å². The van der Waals surface area contributed by atoms with Gasteiger partial charge in [-0.25, -0.2) is 18.4 Å². The first-order valence-corrected chi connectivity index (χ1v) is 13.1. The molecular weight excluding hydrogens is 476 g/mol. The van der Waals surface area contributed by atoms with E-state index in [1.54, 1.807) is 12.3 Å². The molecule has 10 heteroatoms. The molecule has 0 unspecified atom stereocenters. The van der Waals surface area contributed by atoms with Crippen LogP contribution in [-0.4, -0.2) is 57.8 Å². The summed E-state index contributed by atoms with van der Waals surface area (Å²) in [7, 11) is -3.45. The Morgan fingerprint density at radius 2 is 1.88 bits per heavy atom. The summed E-state index contributed by atoms with van der Waals surface area (Å²) in [5, 5.41) is 13.3. The monoisotopic (exact) mass is 498 g/mol. The van der Waals surface area contributed by atoms with Crippen molar-refractivity contribution in [3.63, 3.8) is 0 Å². The number of halogens is 1. The molecule has 3 heterocycles. The zero-order valence-corrected chi connectivity index (χ0v) is 20.0. The third-order valence-corrected chi connectivity index (χ3v) is 7.89. The lowest BCUT2D eigenvalue weighted by molar-refractivity contribution is 0.0580. The highest BCUT2D eigenvalue weighted by atomic mass is 35.5. The fourth-order valence-electron chi connectivity index (χ4n) is 4.63. The topological polar surface area (TPSA) is 105 Å². The molecule has 1 N–H and O–H groups in total. The molecule has 1 aliphatic heterocycles. The molecule has 0 saturated carbocycles. The van der Waals surface area contributed by atoms with Gasteiger partial charge in [-0.1, -0.05) is 41.9 Å². The van der Waals surface area contributed by atoms with Crippen molar-refractivity contribution in [3.05, 3.63) is 81.6 Å². The van der Waals surface area contributed by atoms with E-state index in [0.29, 0.717) is 22.5 Å². The second kappa shape index (κ2) is 8.74. The van der Waals surface area contributed by atoms with Crippen LogP contribution >= 0.6 is 11.6 Å². The Morgan fingerprint density at radius 3 is 2.59 bits per heavy atom. The van der Waals surface area contributed by atoms with Gasteiger partial charge in [-0.05, 0) is 41.5 Å². The molecule has 176 valence electrons. The Balaban J connectivity index is 1.66. The van der Waals surface area contributed by atoms with Gasteiger partial charge in [0.2, 0.25) is 10.0 Å². The third-order valence-electron chi connectivity index (χ3n) is 6.40. The fraction of sp³-hybridized carbons (Fsp3) is 0.292. The first kappa shape index (κ1) is 22.9. The Kier molecular flexibility index (Phi) is 5.89. The summed E-state index contributed by atoms with van der Waals surface area (Å²) in [6.07, 6.45) is 4.20. The molecule has 0 radical (unpaired) electrons. The van der Waals surface area contributed by atoms with Crippen LogP contribution in [0.1, 0.15) is 23.6 Å². The van der Waals surface area contributed by atoms with Gasteiger partial charge in [0.25, 0.3) is 5.56 Å². The number of aromatic nitrogens is 3. The Hall–Kier alpha value is -2.85. The molecular formula is C24H23ClN4O4S. The van der Waals surface area contributed by atoms with Gasteiger partial charge in [0.15, 0.2) is 0 Å². The molecule has 2 aromatic heterocycles. The van der Waals surface area contributed by atoms with Crippen molar-refractivity contribution in [3.8, 4) is 0 Å². The number of aliphatic hydroxyl groups excluding tert-OH is 1. The predicted octanol–water partition coefficient (Wildman–Crippen LogP) is 2.76. The molecule has 4 aromatic rings. The van der Waals surface area contributed by atoms with Crippen LogP contribution in [0, 0.1) is 0 Å². The number of pyridine rings is 1. The maximum absolute atomic E-state index is 13.6. The number of nitrogens with zero attached hydrogens (tertiary/aromatic N) is 4. The Morgan fingerprint density at radius 1 is 1.12 bits per heavy atom. The summed E-state index contributed by atoms with van der Waals surface area (Å²) in [5.74, 6) is 0. The molecule has 8 nitrogen and oxygen atoms in total. The average Bonchev–Trinajstić information content (AvgIpc) is 2.81. The van der Waals surface area contributed by atoms with Crippen LogP contribution in [0.15, 0.2) is 59.8 Å². The summed E-state index contributed by atoms with van der Waals surface area (Å²) in [4.78, 5) is 22.4. The van der Waals surface area contributed by atoms with E-state index in [9.17, 15) is 18.3 Å². The van der Waals surface area contributed by atoms with Gasteiger partial charge in [-0.2, -0.15) is 4.31 Å². The van der Waals surface area contributed by atoms with Gasteiger partial charge in [0.1, 0.15) is 5.15 Å². The molecule has 1 fully saturated rings. The van der Waals surface area contributed by atoms with E-state index in [-0.39, 0.29) is 25.1 Å². The van der Waals surface area contributed by atoms with Crippen molar-refractivity contribution in [1.29, 1.82) is 0 Å². The van der Waals surface area contributed by atoms with Gasteiger partial charge >= 0.3 is 0 Å². The highest BCUT2D eigenvalue weighted by Gasteiger charge is 2.34. The van der Waals surface area contributed by atoms with Crippen molar-refractivity contribution in [2.75, 3.05) is 19.3 Å². The van der Waals surface area contributed by atoms with E-state index in [1.807, 2.05) is 36.4 Å². The minimum Gasteiger partial charge on any atom is -0.391 e. The van der Waals surface area contributed by atoms with Crippen LogP contribution in [0.3, 0.4) is 0 Å². The number of piperidine rings is 1. The highest BCUT2D eigenvalue weighted by molar-refractivity contribution is 7.88. The fourth-order valence-corrected chi connectivity index (χ4v) is 5.60. The second-order valence-electron chi connectivity index (χ2n) is 8.64. The lowest BCUT2D eigenvalue weighted by Gasteiger charge is -2.35. The largest absolute Gasteiger partial charge is 0.391 e. The van der Waals surface area contributed by atoms with E-state index in [2.05, 4.69) is 9.97 Å². The number of fused-ring (bicyclic) bond motifs is 3. The quantitative estimate of drug-likeness (QED) is 0.342. The van der Waals surface area contributed by atoms with Crippen molar-refractivity contribution in [1.82, 2.24) is 18.8 Å². The molecule has 34 heavy (non-hydrogen) atoms. The van der Waals surface area contributed by atoms with Crippen molar-refractivity contribution in [2.45, 2.75) is 25.0 Å². The number of hydrogen-bond acceptors (Lipinski definition) is 6. The summed E-state index contributed by atoms with van der Waals surface area (Å²) in [6, 6.07) is 12.5. The summed E-state index contributed by atoms with van der Waals surface area (Å²) in [6.45, 7) is 0.236. The third kappa shape index (κ3) is 4.20. The Labute approximate surface area is 201 Å². The molecule has 0 aliphatic carbocycles. The maximum Gasteiger partial charge on any atom is 0.261 e. The van der Waals surface area contributed by atoms with Crippen molar-refractivity contribution >= 4 is 43.3 Å². The van der Waals surface area contributed by atoms with Gasteiger partial charge in [0.05, 0.1) is 35.6 Å². The standard InChI is InChI=1S/C24H23ClN4O4S/c1-34(32,33)28-9-8-21(30)20(13-28)29-14-27-23-18-5-3-2-4-17(18)16(11-19(23)24(29)31)10-15-6-7-22(25)26-12-15/h2-7,11-12,14,20-21,30H,8-10,13H2,1H3/t20-,21-/m0/s1. The summed E-state index contributed by atoms with van der Waals surface area (Å²) >= 11 is 5.93. The first-order chi connectivity index (χ1) is 16.2. The van der Waals surface area contributed by atoms with E-state index in [1.165, 1.54) is 15.2 Å². The molecule has 1 aliphatic rings. The van der Waals surface area contributed by atoms with Crippen molar-refractivity contribution in [2.24, 2.45) is 0 Å². The van der Waals surface area contributed by atoms with Crippen LogP contribution in [-0.2, 0) is 16.4 Å². The molecule has 1 saturated heterocycles. The van der Waals surface area contributed by atoms with Crippen LogP contribution in [0.5, 0.6) is 0 Å². The van der Waals surface area contributed by atoms with Gasteiger partial charge in [-0.15, -0.1) is 0 Å². The highest BCUT2D eigenvalue weighted by Crippen LogP contribution is 2.29. The van der Waals surface area contributed by atoms with Crippen LogP contribution in [0.2, 0.25) is 5.15 Å². The average molecular weight is 499 g/mol. The zero-order chi connectivity index (χ0) is 24.0. The van der Waals surface area contributed by atoms with Gasteiger partial charge in [-0.3, -0.25) is 9.36 Å². The number of hydrogen-bond donors (Lipinski definition) is 1. The minimum atomic E-state index is -3.45. The van der Waals surface area contributed by atoms with Gasteiger partial charge in [0, 0.05) is 24.7 Å².